The van der Waals surface area contributed by atoms with Gasteiger partial charge in [-0.25, -0.2) is 0 Å². The predicted molar refractivity (Wildman–Crippen MR) is 73.8 cm³/mol. The maximum atomic E-state index is 12.2. The average Bonchev–Trinajstić information content (AvgIpc) is 3.18. The molecule has 0 saturated carbocycles. The third kappa shape index (κ3) is 2.98. The zero-order chi connectivity index (χ0) is 14.7. The second-order valence-electron chi connectivity index (χ2n) is 4.86. The van der Waals surface area contributed by atoms with Crippen molar-refractivity contribution in [2.75, 3.05) is 20.3 Å². The summed E-state index contributed by atoms with van der Waals surface area (Å²) in [5.74, 6) is 0.374. The van der Waals surface area contributed by atoms with Crippen molar-refractivity contribution < 1.29 is 18.7 Å². The van der Waals surface area contributed by atoms with Crippen LogP contribution in [-0.2, 0) is 9.47 Å². The van der Waals surface area contributed by atoms with E-state index >= 15 is 0 Å². The molecular weight excluding hydrogens is 274 g/mol. The Kier molecular flexibility index (Phi) is 4.03. The van der Waals surface area contributed by atoms with Gasteiger partial charge in [0.25, 0.3) is 5.91 Å². The summed E-state index contributed by atoms with van der Waals surface area (Å²) in [6.07, 6.45) is 2.30. The van der Waals surface area contributed by atoms with Gasteiger partial charge < -0.3 is 19.2 Å². The summed E-state index contributed by atoms with van der Waals surface area (Å²) < 4.78 is 16.0. The third-order valence-electron chi connectivity index (χ3n) is 3.51. The molecule has 2 N–H and O–H groups in total. The number of carbonyl (C=O) groups is 1. The van der Waals surface area contributed by atoms with Crippen LogP contribution in [0, 0.1) is 0 Å². The molecule has 1 amide bonds. The molecule has 3 rings (SSSR count). The van der Waals surface area contributed by atoms with E-state index in [1.54, 1.807) is 31.6 Å². The summed E-state index contributed by atoms with van der Waals surface area (Å²) in [5.41, 5.74) is 0.968. The molecule has 2 atom stereocenters. The van der Waals surface area contributed by atoms with Gasteiger partial charge in [-0.15, -0.1) is 0 Å². The first-order valence-electron chi connectivity index (χ1n) is 6.78. The van der Waals surface area contributed by atoms with Crippen molar-refractivity contribution in [1.82, 2.24) is 15.5 Å². The lowest BCUT2D eigenvalue weighted by atomic mass is 10.1. The van der Waals surface area contributed by atoms with Crippen LogP contribution in [0.1, 0.15) is 16.9 Å². The minimum atomic E-state index is -0.262. The number of amides is 1. The molecule has 0 aromatic carbocycles. The van der Waals surface area contributed by atoms with E-state index in [0.29, 0.717) is 30.4 Å². The Morgan fingerprint density at radius 2 is 2.48 bits per heavy atom. The molecule has 1 aliphatic rings. The first-order chi connectivity index (χ1) is 10.3. The van der Waals surface area contributed by atoms with Crippen molar-refractivity contribution in [1.29, 1.82) is 0 Å². The van der Waals surface area contributed by atoms with Crippen LogP contribution in [0.5, 0.6) is 0 Å². The number of nitrogens with zero attached hydrogens (tertiary/aromatic N) is 1. The van der Waals surface area contributed by atoms with Gasteiger partial charge in [-0.05, 0) is 18.6 Å². The molecule has 0 bridgehead atoms. The van der Waals surface area contributed by atoms with Gasteiger partial charge in [-0.1, -0.05) is 0 Å². The number of aromatic nitrogens is 2. The first-order valence-corrected chi connectivity index (χ1v) is 6.78. The number of carbonyl (C=O) groups excluding carboxylic acids is 1. The molecule has 0 spiro atoms. The molecule has 7 heteroatoms. The van der Waals surface area contributed by atoms with Crippen LogP contribution in [0.25, 0.3) is 11.5 Å². The number of rotatable bonds is 4. The summed E-state index contributed by atoms with van der Waals surface area (Å²) >= 11 is 0. The number of methoxy groups -OCH3 is 1. The summed E-state index contributed by atoms with van der Waals surface area (Å²) in [5, 5.41) is 9.69. The average molecular weight is 291 g/mol. The van der Waals surface area contributed by atoms with E-state index < -0.39 is 0 Å². The fourth-order valence-corrected chi connectivity index (χ4v) is 2.37. The summed E-state index contributed by atoms with van der Waals surface area (Å²) in [6.45, 7) is 1.09. The van der Waals surface area contributed by atoms with Gasteiger partial charge in [0.2, 0.25) is 0 Å². The van der Waals surface area contributed by atoms with Crippen LogP contribution in [0.3, 0.4) is 0 Å². The van der Waals surface area contributed by atoms with Gasteiger partial charge >= 0.3 is 0 Å². The fraction of sp³-hybridized carbons (Fsp3) is 0.429. The molecule has 2 aromatic heterocycles. The molecular formula is C14H17N3O4. The van der Waals surface area contributed by atoms with Crippen LogP contribution in [-0.4, -0.2) is 48.6 Å². The normalized spacial score (nSPS) is 22.1. The summed E-state index contributed by atoms with van der Waals surface area (Å²) in [4.78, 5) is 12.2. The second kappa shape index (κ2) is 6.11. The van der Waals surface area contributed by atoms with Crippen molar-refractivity contribution >= 4 is 5.91 Å². The highest BCUT2D eigenvalue weighted by Gasteiger charge is 2.28. The Balaban J connectivity index is 1.68. The molecule has 112 valence electrons. The van der Waals surface area contributed by atoms with E-state index in [-0.39, 0.29) is 18.1 Å². The zero-order valence-corrected chi connectivity index (χ0v) is 11.7. The SMILES string of the molecule is CO[C@@H]1CCOC[C@H]1NC(=O)c1cc(-c2ccco2)[nH]n1. The van der Waals surface area contributed by atoms with Crippen LogP contribution < -0.4 is 5.32 Å². The molecule has 1 fully saturated rings. The fourth-order valence-electron chi connectivity index (χ4n) is 2.37. The lowest BCUT2D eigenvalue weighted by molar-refractivity contribution is -0.0349. The Morgan fingerprint density at radius 3 is 3.24 bits per heavy atom. The number of ether oxygens (including phenoxy) is 2. The molecule has 7 nitrogen and oxygen atoms in total. The first kappa shape index (κ1) is 13.8. The minimum Gasteiger partial charge on any atom is -0.463 e. The largest absolute Gasteiger partial charge is 0.463 e. The maximum absolute atomic E-state index is 12.2. The molecule has 0 aliphatic carbocycles. The van der Waals surface area contributed by atoms with E-state index in [2.05, 4.69) is 15.5 Å². The molecule has 0 radical (unpaired) electrons. The Morgan fingerprint density at radius 1 is 1.57 bits per heavy atom. The summed E-state index contributed by atoms with van der Waals surface area (Å²) in [6, 6.07) is 5.06. The van der Waals surface area contributed by atoms with E-state index in [1.165, 1.54) is 0 Å². The molecule has 1 aliphatic heterocycles. The van der Waals surface area contributed by atoms with Gasteiger partial charge in [0, 0.05) is 19.8 Å². The topological polar surface area (TPSA) is 89.4 Å². The van der Waals surface area contributed by atoms with Crippen LogP contribution in [0.4, 0.5) is 0 Å². The summed E-state index contributed by atoms with van der Waals surface area (Å²) in [7, 11) is 1.64. The van der Waals surface area contributed by atoms with E-state index in [0.717, 1.165) is 6.42 Å². The molecule has 21 heavy (non-hydrogen) atoms. The highest BCUT2D eigenvalue weighted by atomic mass is 16.5. The highest BCUT2D eigenvalue weighted by molar-refractivity contribution is 5.93. The van der Waals surface area contributed by atoms with Crippen LogP contribution in [0.15, 0.2) is 28.9 Å². The van der Waals surface area contributed by atoms with Crippen molar-refractivity contribution in [3.05, 3.63) is 30.2 Å². The lowest BCUT2D eigenvalue weighted by Gasteiger charge is -2.30. The second-order valence-corrected chi connectivity index (χ2v) is 4.86. The van der Waals surface area contributed by atoms with E-state index in [9.17, 15) is 4.79 Å². The standard InChI is InChI=1S/C14H17N3O4/c1-19-12-4-6-20-8-11(12)15-14(18)10-7-9(16-17-10)13-3-2-5-21-13/h2-3,5,7,11-12H,4,6,8H2,1H3,(H,15,18)(H,16,17)/t11-,12-/m1/s1. The van der Waals surface area contributed by atoms with Gasteiger partial charge in [0.15, 0.2) is 11.5 Å². The Bertz CT molecular complexity index is 593. The van der Waals surface area contributed by atoms with Crippen molar-refractivity contribution in [3.63, 3.8) is 0 Å². The number of H-pyrrole nitrogens is 1. The van der Waals surface area contributed by atoms with Crippen LogP contribution in [0.2, 0.25) is 0 Å². The molecule has 1 saturated heterocycles. The Hall–Kier alpha value is -2.12. The maximum Gasteiger partial charge on any atom is 0.272 e. The lowest BCUT2D eigenvalue weighted by Crippen LogP contribution is -2.50. The number of aromatic amines is 1. The van der Waals surface area contributed by atoms with Crippen LogP contribution >= 0.6 is 0 Å². The quantitative estimate of drug-likeness (QED) is 0.883. The molecule has 3 heterocycles. The van der Waals surface area contributed by atoms with Gasteiger partial charge in [0.1, 0.15) is 5.69 Å². The molecule has 0 unspecified atom stereocenters. The minimum absolute atomic E-state index is 0.0359. The smallest absolute Gasteiger partial charge is 0.272 e. The number of furan rings is 1. The number of hydrogen-bond acceptors (Lipinski definition) is 5. The Labute approximate surface area is 121 Å². The number of hydrogen-bond donors (Lipinski definition) is 2. The zero-order valence-electron chi connectivity index (χ0n) is 11.7. The van der Waals surface area contributed by atoms with Gasteiger partial charge in [-0.2, -0.15) is 5.10 Å². The highest BCUT2D eigenvalue weighted by Crippen LogP contribution is 2.18. The third-order valence-corrected chi connectivity index (χ3v) is 3.51. The van der Waals surface area contributed by atoms with Crippen molar-refractivity contribution in [2.45, 2.75) is 18.6 Å². The van der Waals surface area contributed by atoms with Crippen molar-refractivity contribution in [2.24, 2.45) is 0 Å². The van der Waals surface area contributed by atoms with Crippen molar-refractivity contribution in [3.8, 4) is 11.5 Å². The molecule has 2 aromatic rings. The van der Waals surface area contributed by atoms with E-state index in [1.807, 2.05) is 0 Å². The monoisotopic (exact) mass is 291 g/mol. The van der Waals surface area contributed by atoms with Gasteiger partial charge in [-0.3, -0.25) is 9.89 Å². The number of nitrogens with one attached hydrogen (secondary N) is 2. The van der Waals surface area contributed by atoms with Gasteiger partial charge in [0.05, 0.1) is 25.0 Å². The predicted octanol–water partition coefficient (Wildman–Crippen LogP) is 1.20. The van der Waals surface area contributed by atoms with E-state index in [4.69, 9.17) is 13.9 Å².